The molecule has 0 aliphatic carbocycles. The maximum absolute atomic E-state index is 11.1. The zero-order valence-electron chi connectivity index (χ0n) is 9.42. The van der Waals surface area contributed by atoms with Crippen LogP contribution in [0.2, 0.25) is 0 Å². The highest BCUT2D eigenvalue weighted by Gasteiger charge is 2.29. The second-order valence-electron chi connectivity index (χ2n) is 3.22. The van der Waals surface area contributed by atoms with Gasteiger partial charge in [0.2, 0.25) is 3.79 Å². The lowest BCUT2D eigenvalue weighted by molar-refractivity contribution is -0.143. The molecule has 0 aromatic rings. The number of carbonyl (C=O) groups is 1. The van der Waals surface area contributed by atoms with Crippen LogP contribution in [0.3, 0.4) is 0 Å². The van der Waals surface area contributed by atoms with Crippen LogP contribution in [0.5, 0.6) is 0 Å². The predicted octanol–water partition coefficient (Wildman–Crippen LogP) is 2.42. The predicted molar refractivity (Wildman–Crippen MR) is 72.0 cm³/mol. The van der Waals surface area contributed by atoms with Gasteiger partial charge in [0.15, 0.2) is 6.23 Å². The average molecular weight is 329 g/mol. The van der Waals surface area contributed by atoms with Gasteiger partial charge in [-0.2, -0.15) is 0 Å². The van der Waals surface area contributed by atoms with E-state index in [-0.39, 0.29) is 24.8 Å². The van der Waals surface area contributed by atoms with E-state index in [2.05, 4.69) is 5.32 Å². The quantitative estimate of drug-likeness (QED) is 0.326. The minimum Gasteiger partial charge on any atom is -0.466 e. The van der Waals surface area contributed by atoms with Crippen molar-refractivity contribution in [2.24, 2.45) is 0 Å². The topological polar surface area (TPSA) is 58.6 Å². The molecule has 104 valence electrons. The Balaban J connectivity index is 0. The van der Waals surface area contributed by atoms with Crippen LogP contribution in [-0.2, 0) is 9.53 Å². The molecule has 0 amide bonds. The van der Waals surface area contributed by atoms with E-state index in [1.54, 1.807) is 0 Å². The molecule has 0 radical (unpaired) electrons. The molecule has 0 spiro atoms. The van der Waals surface area contributed by atoms with Crippen molar-refractivity contribution in [3.8, 4) is 0 Å². The molecule has 17 heavy (non-hydrogen) atoms. The van der Waals surface area contributed by atoms with Crippen molar-refractivity contribution >= 4 is 53.2 Å². The summed E-state index contributed by atoms with van der Waals surface area (Å²) in [6, 6.07) is 0. The summed E-state index contributed by atoms with van der Waals surface area (Å²) in [6.07, 6.45) is 0.347. The van der Waals surface area contributed by atoms with E-state index in [4.69, 9.17) is 39.5 Å². The van der Waals surface area contributed by atoms with Crippen molar-refractivity contribution in [1.82, 2.24) is 5.32 Å². The van der Waals surface area contributed by atoms with Crippen molar-refractivity contribution in [3.63, 3.8) is 0 Å². The number of esters is 1. The summed E-state index contributed by atoms with van der Waals surface area (Å²) in [7, 11) is 0. The summed E-state index contributed by atoms with van der Waals surface area (Å²) in [5.41, 5.74) is 0. The normalized spacial score (nSPS) is 12.8. The van der Waals surface area contributed by atoms with Crippen LogP contribution < -0.4 is 5.32 Å². The van der Waals surface area contributed by atoms with E-state index in [1.807, 2.05) is 6.92 Å². The van der Waals surface area contributed by atoms with Gasteiger partial charge in [0.25, 0.3) is 0 Å². The molecule has 0 heterocycles. The molecule has 0 aliphatic heterocycles. The first-order valence-corrected chi connectivity index (χ1v) is 6.15. The van der Waals surface area contributed by atoms with Crippen LogP contribution in [-0.4, -0.2) is 34.2 Å². The van der Waals surface area contributed by atoms with Crippen LogP contribution in [0.25, 0.3) is 0 Å². The largest absolute Gasteiger partial charge is 0.466 e. The van der Waals surface area contributed by atoms with Gasteiger partial charge in [-0.25, -0.2) is 0 Å². The van der Waals surface area contributed by atoms with E-state index in [0.29, 0.717) is 19.6 Å². The molecule has 0 aliphatic rings. The smallest absolute Gasteiger partial charge is 0.305 e. The van der Waals surface area contributed by atoms with Crippen molar-refractivity contribution in [2.45, 2.75) is 36.2 Å². The van der Waals surface area contributed by atoms with Gasteiger partial charge in [-0.1, -0.05) is 41.7 Å². The van der Waals surface area contributed by atoms with Crippen LogP contribution in [0.1, 0.15) is 26.2 Å². The molecule has 1 atom stereocenters. The van der Waals surface area contributed by atoms with Crippen LogP contribution in [0.4, 0.5) is 0 Å². The Bertz CT molecular complexity index is 211. The molecule has 8 heteroatoms. The first-order chi connectivity index (χ1) is 7.38. The Hall–Kier alpha value is 0.550. The summed E-state index contributed by atoms with van der Waals surface area (Å²) >= 11 is 16.3. The first-order valence-electron chi connectivity index (χ1n) is 5.01. The Morgan fingerprint density at radius 2 is 2.06 bits per heavy atom. The van der Waals surface area contributed by atoms with E-state index in [1.165, 1.54) is 0 Å². The fourth-order valence-electron chi connectivity index (χ4n) is 0.875. The van der Waals surface area contributed by atoms with E-state index < -0.39 is 10.0 Å². The highest BCUT2D eigenvalue weighted by molar-refractivity contribution is 6.68. The third kappa shape index (κ3) is 11.4. The van der Waals surface area contributed by atoms with Crippen molar-refractivity contribution < 1.29 is 14.6 Å². The molecule has 0 saturated carbocycles. The highest BCUT2D eigenvalue weighted by atomic mass is 35.6. The van der Waals surface area contributed by atoms with Crippen molar-refractivity contribution in [3.05, 3.63) is 0 Å². The molecule has 0 saturated heterocycles. The number of halogens is 4. The number of ether oxygens (including phenoxy) is 1. The molecule has 0 bridgehead atoms. The van der Waals surface area contributed by atoms with E-state index >= 15 is 0 Å². The van der Waals surface area contributed by atoms with Crippen LogP contribution in [0, 0.1) is 0 Å². The maximum Gasteiger partial charge on any atom is 0.305 e. The summed E-state index contributed by atoms with van der Waals surface area (Å²) in [4.78, 5) is 11.1. The number of rotatable bonds is 7. The molecule has 0 fully saturated rings. The van der Waals surface area contributed by atoms with E-state index in [9.17, 15) is 9.90 Å². The molecule has 0 aromatic heterocycles. The van der Waals surface area contributed by atoms with E-state index in [0.717, 1.165) is 6.42 Å². The average Bonchev–Trinajstić information content (AvgIpc) is 2.19. The zero-order chi connectivity index (χ0) is 12.6. The summed E-state index contributed by atoms with van der Waals surface area (Å²) in [6.45, 7) is 2.73. The molecule has 4 nitrogen and oxygen atoms in total. The second kappa shape index (κ2) is 10.5. The molecular weight excluding hydrogens is 312 g/mol. The standard InChI is InChI=1S/C9H16Cl3NO3.ClH/c1-2-6-16-7(14)4-3-5-13-8(15)9(10,11)12;/h8,13,15H,2-6H2,1H3;1H. The lowest BCUT2D eigenvalue weighted by Crippen LogP contribution is -2.40. The molecule has 1 unspecified atom stereocenters. The van der Waals surface area contributed by atoms with Crippen LogP contribution >= 0.6 is 47.2 Å². The third-order valence-electron chi connectivity index (χ3n) is 1.67. The summed E-state index contributed by atoms with van der Waals surface area (Å²) in [5.74, 6) is -0.257. The third-order valence-corrected chi connectivity index (χ3v) is 2.29. The number of alkyl halides is 3. The Kier molecular flexibility index (Phi) is 12.2. The van der Waals surface area contributed by atoms with Gasteiger partial charge in [0.1, 0.15) is 0 Å². The van der Waals surface area contributed by atoms with Crippen LogP contribution in [0.15, 0.2) is 0 Å². The SMILES string of the molecule is CCCOC(=O)CCCNC(O)C(Cl)(Cl)Cl.Cl. The number of aliphatic hydroxyl groups is 1. The fraction of sp³-hybridized carbons (Fsp3) is 0.889. The maximum atomic E-state index is 11.1. The monoisotopic (exact) mass is 327 g/mol. The molecule has 0 aromatic carbocycles. The van der Waals surface area contributed by atoms with Gasteiger partial charge < -0.3 is 9.84 Å². The number of hydrogen-bond acceptors (Lipinski definition) is 4. The molecule has 2 N–H and O–H groups in total. The number of nitrogens with one attached hydrogen (secondary N) is 1. The van der Waals surface area contributed by atoms with Crippen molar-refractivity contribution in [1.29, 1.82) is 0 Å². The van der Waals surface area contributed by atoms with Gasteiger partial charge in [0, 0.05) is 6.42 Å². The fourth-order valence-corrected chi connectivity index (χ4v) is 1.11. The number of carbonyl (C=O) groups excluding carboxylic acids is 1. The van der Waals surface area contributed by atoms with Crippen molar-refractivity contribution in [2.75, 3.05) is 13.2 Å². The minimum atomic E-state index is -1.76. The Morgan fingerprint density at radius 3 is 2.53 bits per heavy atom. The Morgan fingerprint density at radius 1 is 1.47 bits per heavy atom. The minimum absolute atomic E-state index is 0. The number of hydrogen-bond donors (Lipinski definition) is 2. The molecular formula is C9H17Cl4NO3. The summed E-state index contributed by atoms with van der Waals surface area (Å²) in [5, 5.41) is 11.9. The molecule has 0 rings (SSSR count). The van der Waals surface area contributed by atoms with Gasteiger partial charge in [-0.15, -0.1) is 12.4 Å². The first kappa shape index (κ1) is 19.9. The highest BCUT2D eigenvalue weighted by Crippen LogP contribution is 2.28. The second-order valence-corrected chi connectivity index (χ2v) is 5.59. The zero-order valence-corrected chi connectivity index (χ0v) is 12.5. The van der Waals surface area contributed by atoms with Gasteiger partial charge in [-0.3, -0.25) is 10.1 Å². The lowest BCUT2D eigenvalue weighted by Gasteiger charge is -2.19. The summed E-state index contributed by atoms with van der Waals surface area (Å²) < 4.78 is 3.10. The van der Waals surface area contributed by atoms with Gasteiger partial charge in [-0.05, 0) is 19.4 Å². The Labute approximate surface area is 122 Å². The number of aliphatic hydroxyl groups excluding tert-OH is 1. The van der Waals surface area contributed by atoms with Gasteiger partial charge in [0.05, 0.1) is 6.61 Å². The van der Waals surface area contributed by atoms with Gasteiger partial charge >= 0.3 is 5.97 Å². The lowest BCUT2D eigenvalue weighted by atomic mass is 10.3.